The van der Waals surface area contributed by atoms with Crippen LogP contribution in [0.1, 0.15) is 18.1 Å². The molecule has 1 heterocycles. The number of rotatable bonds is 7. The number of anilines is 1. The predicted molar refractivity (Wildman–Crippen MR) is 114 cm³/mol. The van der Waals surface area contributed by atoms with Crippen LogP contribution in [0.2, 0.25) is 0 Å². The predicted octanol–water partition coefficient (Wildman–Crippen LogP) is 4.73. The number of halogens is 6. The first-order valence-electron chi connectivity index (χ1n) is 10.1. The summed E-state index contributed by atoms with van der Waals surface area (Å²) in [5.41, 5.74) is -5.05. The summed E-state index contributed by atoms with van der Waals surface area (Å²) in [4.78, 5) is 15.7. The number of amides is 1. The van der Waals surface area contributed by atoms with Crippen LogP contribution in [0.3, 0.4) is 0 Å². The molecule has 1 amide bonds. The average Bonchev–Trinajstić information content (AvgIpc) is 3.28. The Morgan fingerprint density at radius 3 is 1.97 bits per heavy atom. The van der Waals surface area contributed by atoms with Gasteiger partial charge in [0.2, 0.25) is 5.91 Å². The van der Waals surface area contributed by atoms with E-state index in [0.29, 0.717) is 30.2 Å². The molecule has 0 aliphatic carbocycles. The molecule has 1 N–H and O–H groups in total. The number of benzene rings is 2. The Balaban J connectivity index is 1.83. The number of sulfone groups is 1. The van der Waals surface area contributed by atoms with Crippen molar-refractivity contribution in [2.45, 2.75) is 36.1 Å². The van der Waals surface area contributed by atoms with Crippen LogP contribution in [-0.4, -0.2) is 42.0 Å². The standard InChI is InChI=1S/C22H19F6N3O3S/c1-2-35(33,34)18-9-3-15(4-10-18)13-19(32)30-17-7-5-16(6-8-17)20(21(23,24)25,22(26,27)28)31-12-11-29-14-31/h3-12,14H,2,13H2,1H3,(H,30,32). The van der Waals surface area contributed by atoms with Crippen molar-refractivity contribution in [2.75, 3.05) is 11.1 Å². The van der Waals surface area contributed by atoms with Crippen LogP contribution in [0.5, 0.6) is 0 Å². The van der Waals surface area contributed by atoms with Gasteiger partial charge in [0.25, 0.3) is 5.54 Å². The molecule has 0 bridgehead atoms. The van der Waals surface area contributed by atoms with E-state index in [0.717, 1.165) is 18.3 Å². The molecule has 6 nitrogen and oxygen atoms in total. The number of aromatic nitrogens is 2. The molecule has 0 aliphatic rings. The van der Waals surface area contributed by atoms with Crippen LogP contribution >= 0.6 is 0 Å². The van der Waals surface area contributed by atoms with Crippen molar-refractivity contribution in [3.63, 3.8) is 0 Å². The zero-order valence-corrected chi connectivity index (χ0v) is 18.9. The highest BCUT2D eigenvalue weighted by molar-refractivity contribution is 7.91. The SMILES string of the molecule is CCS(=O)(=O)c1ccc(CC(=O)Nc2ccc(C(n3ccnc3)(C(F)(F)F)C(F)(F)F)cc2)cc1. The average molecular weight is 519 g/mol. The van der Waals surface area contributed by atoms with Gasteiger partial charge in [-0.05, 0) is 35.4 Å². The zero-order valence-electron chi connectivity index (χ0n) is 18.1. The van der Waals surface area contributed by atoms with E-state index in [-0.39, 0.29) is 27.3 Å². The minimum absolute atomic E-state index is 0.0205. The van der Waals surface area contributed by atoms with Crippen LogP contribution < -0.4 is 5.32 Å². The monoisotopic (exact) mass is 519 g/mol. The maximum absolute atomic E-state index is 13.9. The number of imidazole rings is 1. The third-order valence-electron chi connectivity index (χ3n) is 5.33. The molecule has 3 aromatic rings. The number of nitrogens with one attached hydrogen (secondary N) is 1. The molecule has 3 rings (SSSR count). The minimum atomic E-state index is -5.76. The van der Waals surface area contributed by atoms with E-state index in [9.17, 15) is 39.6 Å². The van der Waals surface area contributed by atoms with Gasteiger partial charge in [-0.15, -0.1) is 0 Å². The summed E-state index contributed by atoms with van der Waals surface area (Å²) < 4.78 is 107. The lowest BCUT2D eigenvalue weighted by Gasteiger charge is -2.38. The smallest absolute Gasteiger partial charge is 0.326 e. The third-order valence-corrected chi connectivity index (χ3v) is 7.08. The Morgan fingerprint density at radius 2 is 1.51 bits per heavy atom. The van der Waals surface area contributed by atoms with Gasteiger partial charge in [-0.3, -0.25) is 4.79 Å². The first kappa shape index (κ1) is 26.3. The van der Waals surface area contributed by atoms with Crippen LogP contribution in [-0.2, 0) is 26.6 Å². The van der Waals surface area contributed by atoms with E-state index in [1.165, 1.54) is 31.2 Å². The quantitative estimate of drug-likeness (QED) is 0.458. The first-order valence-corrected chi connectivity index (χ1v) is 11.7. The molecule has 0 atom stereocenters. The lowest BCUT2D eigenvalue weighted by Crippen LogP contribution is -2.58. The summed E-state index contributed by atoms with van der Waals surface area (Å²) in [5.74, 6) is -0.690. The number of hydrogen-bond donors (Lipinski definition) is 1. The summed E-state index contributed by atoms with van der Waals surface area (Å²) in [6, 6.07) is 8.73. The van der Waals surface area contributed by atoms with Gasteiger partial charge in [0.05, 0.1) is 23.4 Å². The highest BCUT2D eigenvalue weighted by Gasteiger charge is 2.73. The van der Waals surface area contributed by atoms with Crippen molar-refractivity contribution in [1.82, 2.24) is 9.55 Å². The van der Waals surface area contributed by atoms with Gasteiger partial charge >= 0.3 is 12.4 Å². The van der Waals surface area contributed by atoms with E-state index in [1.54, 1.807) is 0 Å². The molecule has 0 saturated carbocycles. The van der Waals surface area contributed by atoms with Crippen LogP contribution in [0.4, 0.5) is 32.0 Å². The van der Waals surface area contributed by atoms with Gasteiger partial charge in [0.1, 0.15) is 0 Å². The Kier molecular flexibility index (Phi) is 7.02. The van der Waals surface area contributed by atoms with E-state index < -0.39 is 39.2 Å². The minimum Gasteiger partial charge on any atom is -0.326 e. The van der Waals surface area contributed by atoms with E-state index in [2.05, 4.69) is 10.3 Å². The molecule has 13 heteroatoms. The molecule has 1 aromatic heterocycles. The maximum Gasteiger partial charge on any atom is 0.425 e. The molecule has 188 valence electrons. The van der Waals surface area contributed by atoms with Crippen molar-refractivity contribution in [2.24, 2.45) is 0 Å². The summed E-state index contributed by atoms with van der Waals surface area (Å²) >= 11 is 0. The van der Waals surface area contributed by atoms with Crippen molar-refractivity contribution in [3.05, 3.63) is 78.4 Å². The largest absolute Gasteiger partial charge is 0.425 e. The number of alkyl halides is 6. The maximum atomic E-state index is 13.9. The lowest BCUT2D eigenvalue weighted by atomic mass is 9.87. The number of carbonyl (C=O) groups excluding carboxylic acids is 1. The molecule has 0 fully saturated rings. The van der Waals surface area contributed by atoms with Gasteiger partial charge in [-0.2, -0.15) is 26.3 Å². The highest BCUT2D eigenvalue weighted by Crippen LogP contribution is 2.53. The van der Waals surface area contributed by atoms with E-state index >= 15 is 0 Å². The van der Waals surface area contributed by atoms with Gasteiger partial charge < -0.3 is 9.88 Å². The number of hydrogen-bond acceptors (Lipinski definition) is 4. The van der Waals surface area contributed by atoms with Crippen LogP contribution in [0.15, 0.2) is 72.1 Å². The first-order chi connectivity index (χ1) is 16.2. The molecule has 0 aliphatic heterocycles. The summed E-state index contributed by atoms with van der Waals surface area (Å²) in [6.45, 7) is 1.49. The fourth-order valence-electron chi connectivity index (χ4n) is 3.55. The molecular formula is C22H19F6N3O3S. The van der Waals surface area contributed by atoms with E-state index in [1.807, 2.05) is 0 Å². The highest BCUT2D eigenvalue weighted by atomic mass is 32.2. The number of carbonyl (C=O) groups is 1. The molecule has 0 radical (unpaired) electrons. The second-order valence-corrected chi connectivity index (χ2v) is 9.80. The van der Waals surface area contributed by atoms with Crippen molar-refractivity contribution in [1.29, 1.82) is 0 Å². The fraction of sp³-hybridized carbons (Fsp3) is 0.273. The van der Waals surface area contributed by atoms with E-state index in [4.69, 9.17) is 0 Å². The molecule has 0 unspecified atom stereocenters. The fourth-order valence-corrected chi connectivity index (χ4v) is 4.44. The molecule has 35 heavy (non-hydrogen) atoms. The second kappa shape index (κ2) is 9.36. The topological polar surface area (TPSA) is 81.1 Å². The van der Waals surface area contributed by atoms with Gasteiger partial charge in [-0.1, -0.05) is 31.2 Å². The van der Waals surface area contributed by atoms with Gasteiger partial charge in [0.15, 0.2) is 9.84 Å². The molecule has 2 aromatic carbocycles. The molecule has 0 spiro atoms. The van der Waals surface area contributed by atoms with Crippen molar-refractivity contribution >= 4 is 21.4 Å². The Labute approximate surface area is 196 Å². The lowest BCUT2D eigenvalue weighted by molar-refractivity contribution is -0.313. The summed E-state index contributed by atoms with van der Waals surface area (Å²) in [5, 5.41) is 2.40. The Hall–Kier alpha value is -3.35. The molecule has 0 saturated heterocycles. The van der Waals surface area contributed by atoms with Crippen molar-refractivity contribution < 1.29 is 39.6 Å². The second-order valence-electron chi connectivity index (χ2n) is 7.53. The Bertz CT molecular complexity index is 1250. The van der Waals surface area contributed by atoms with Crippen molar-refractivity contribution in [3.8, 4) is 0 Å². The number of nitrogens with zero attached hydrogens (tertiary/aromatic N) is 2. The summed E-state index contributed by atoms with van der Waals surface area (Å²) in [6.07, 6.45) is -9.88. The summed E-state index contributed by atoms with van der Waals surface area (Å²) in [7, 11) is -3.41. The third kappa shape index (κ3) is 5.04. The van der Waals surface area contributed by atoms with Crippen LogP contribution in [0, 0.1) is 0 Å². The normalized spacial score (nSPS) is 13.0. The molecular weight excluding hydrogens is 500 g/mol. The van der Waals surface area contributed by atoms with Gasteiger partial charge in [-0.25, -0.2) is 13.4 Å². The zero-order chi connectivity index (χ0) is 26.1. The van der Waals surface area contributed by atoms with Crippen LogP contribution in [0.25, 0.3) is 0 Å². The Morgan fingerprint density at radius 1 is 0.943 bits per heavy atom. The van der Waals surface area contributed by atoms with Gasteiger partial charge in [0, 0.05) is 18.1 Å².